The summed E-state index contributed by atoms with van der Waals surface area (Å²) in [6.45, 7) is 5.56. The molecule has 5 nitrogen and oxygen atoms in total. The number of pyridine rings is 1. The van der Waals surface area contributed by atoms with Gasteiger partial charge < -0.3 is 9.73 Å². The lowest BCUT2D eigenvalue weighted by atomic mass is 9.95. The molecule has 0 bridgehead atoms. The van der Waals surface area contributed by atoms with E-state index in [-0.39, 0.29) is 5.91 Å². The molecule has 1 N–H and O–H groups in total. The van der Waals surface area contributed by atoms with Crippen molar-refractivity contribution in [3.05, 3.63) is 41.6 Å². The summed E-state index contributed by atoms with van der Waals surface area (Å²) >= 11 is 6.25. The average molecular weight is 330 g/mol. The summed E-state index contributed by atoms with van der Waals surface area (Å²) in [7, 11) is 0. The molecule has 0 fully saturated rings. The first-order valence-electron chi connectivity index (χ1n) is 7.17. The first kappa shape index (κ1) is 15.5. The van der Waals surface area contributed by atoms with Crippen molar-refractivity contribution in [3.8, 4) is 11.5 Å². The van der Waals surface area contributed by atoms with Crippen molar-refractivity contribution >= 4 is 34.4 Å². The third-order valence-corrected chi connectivity index (χ3v) is 3.63. The van der Waals surface area contributed by atoms with Crippen LogP contribution in [0.5, 0.6) is 0 Å². The molecule has 0 aliphatic heterocycles. The quantitative estimate of drug-likeness (QED) is 0.750. The second-order valence-electron chi connectivity index (χ2n) is 6.24. The van der Waals surface area contributed by atoms with Crippen LogP contribution in [0.15, 0.2) is 40.9 Å². The highest BCUT2D eigenvalue weighted by atomic mass is 35.5. The van der Waals surface area contributed by atoms with E-state index in [0.717, 1.165) is 0 Å². The lowest BCUT2D eigenvalue weighted by molar-refractivity contribution is -0.123. The largest absolute Gasteiger partial charge is 0.434 e. The summed E-state index contributed by atoms with van der Waals surface area (Å²) in [6.07, 6.45) is 1.65. The van der Waals surface area contributed by atoms with Crippen LogP contribution in [-0.4, -0.2) is 15.9 Å². The van der Waals surface area contributed by atoms with E-state index in [1.165, 1.54) is 0 Å². The number of fused-ring (bicyclic) bond motifs is 1. The summed E-state index contributed by atoms with van der Waals surface area (Å²) in [5.41, 5.74) is 1.86. The van der Waals surface area contributed by atoms with Crippen molar-refractivity contribution < 1.29 is 9.21 Å². The van der Waals surface area contributed by atoms with E-state index in [1.807, 2.05) is 20.8 Å². The Balaban J connectivity index is 1.99. The van der Waals surface area contributed by atoms with Crippen molar-refractivity contribution in [2.45, 2.75) is 20.8 Å². The van der Waals surface area contributed by atoms with E-state index in [2.05, 4.69) is 15.3 Å². The maximum atomic E-state index is 12.1. The van der Waals surface area contributed by atoms with Crippen molar-refractivity contribution in [2.24, 2.45) is 5.41 Å². The van der Waals surface area contributed by atoms with Crippen LogP contribution in [0.25, 0.3) is 22.7 Å². The molecule has 0 saturated heterocycles. The van der Waals surface area contributed by atoms with Crippen LogP contribution >= 0.6 is 11.6 Å². The molecule has 1 aromatic carbocycles. The lowest BCUT2D eigenvalue weighted by Crippen LogP contribution is -2.27. The zero-order valence-corrected chi connectivity index (χ0v) is 13.8. The van der Waals surface area contributed by atoms with Gasteiger partial charge in [-0.1, -0.05) is 32.4 Å². The Hall–Kier alpha value is -2.40. The number of anilines is 1. The Bertz CT molecular complexity index is 848. The van der Waals surface area contributed by atoms with Crippen LogP contribution in [-0.2, 0) is 4.79 Å². The normalized spacial score (nSPS) is 11.7. The van der Waals surface area contributed by atoms with E-state index < -0.39 is 5.41 Å². The molecule has 3 aromatic rings. The third kappa shape index (κ3) is 3.19. The zero-order valence-electron chi connectivity index (χ0n) is 13.1. The van der Waals surface area contributed by atoms with Crippen LogP contribution < -0.4 is 5.32 Å². The van der Waals surface area contributed by atoms with Crippen molar-refractivity contribution in [3.63, 3.8) is 0 Å². The van der Waals surface area contributed by atoms with Crippen LogP contribution in [0.3, 0.4) is 0 Å². The third-order valence-electron chi connectivity index (χ3n) is 3.30. The summed E-state index contributed by atoms with van der Waals surface area (Å²) in [5, 5.41) is 3.36. The molecule has 0 aliphatic carbocycles. The number of aromatic nitrogens is 2. The molecule has 1 amide bonds. The Morgan fingerprint density at radius 3 is 2.74 bits per heavy atom. The standard InChI is InChI=1S/C17H16ClN3O2/c1-17(2,3)16(22)20-10-6-7-12(18)11(9-10)15-21-14-13(23-15)5-4-8-19-14/h4-9H,1-3H3,(H,20,22). The average Bonchev–Trinajstić information content (AvgIpc) is 2.91. The van der Waals surface area contributed by atoms with Gasteiger partial charge in [-0.3, -0.25) is 4.79 Å². The first-order chi connectivity index (χ1) is 10.8. The summed E-state index contributed by atoms with van der Waals surface area (Å²) < 4.78 is 5.69. The highest BCUT2D eigenvalue weighted by Gasteiger charge is 2.22. The molecule has 6 heteroatoms. The number of hydrogen-bond donors (Lipinski definition) is 1. The fraction of sp³-hybridized carbons (Fsp3) is 0.235. The lowest BCUT2D eigenvalue weighted by Gasteiger charge is -2.18. The second-order valence-corrected chi connectivity index (χ2v) is 6.65. The predicted molar refractivity (Wildman–Crippen MR) is 90.3 cm³/mol. The Labute approximate surface area is 138 Å². The van der Waals surface area contributed by atoms with Gasteiger partial charge in [0, 0.05) is 17.3 Å². The fourth-order valence-electron chi connectivity index (χ4n) is 1.97. The van der Waals surface area contributed by atoms with Gasteiger partial charge in [0.25, 0.3) is 0 Å². The number of hydrogen-bond acceptors (Lipinski definition) is 4. The predicted octanol–water partition coefficient (Wildman–Crippen LogP) is 4.53. The second kappa shape index (κ2) is 5.66. The van der Waals surface area contributed by atoms with Gasteiger partial charge >= 0.3 is 0 Å². The number of halogens is 1. The van der Waals surface area contributed by atoms with Gasteiger partial charge in [0.1, 0.15) is 0 Å². The molecular formula is C17H16ClN3O2. The number of amides is 1. The SMILES string of the molecule is CC(C)(C)C(=O)Nc1ccc(Cl)c(-c2nc3ncccc3o2)c1. The minimum absolute atomic E-state index is 0.0787. The van der Waals surface area contributed by atoms with E-state index in [1.54, 1.807) is 36.5 Å². The smallest absolute Gasteiger partial charge is 0.230 e. The maximum absolute atomic E-state index is 12.1. The minimum Gasteiger partial charge on any atom is -0.434 e. The van der Waals surface area contributed by atoms with Crippen LogP contribution in [0.1, 0.15) is 20.8 Å². The molecule has 0 radical (unpaired) electrons. The van der Waals surface area contributed by atoms with Gasteiger partial charge in [0.15, 0.2) is 11.2 Å². The molecule has 3 rings (SSSR count). The Morgan fingerprint density at radius 1 is 1.26 bits per heavy atom. The van der Waals surface area contributed by atoms with E-state index in [9.17, 15) is 4.79 Å². The van der Waals surface area contributed by atoms with Crippen LogP contribution in [0, 0.1) is 5.41 Å². The Kier molecular flexibility index (Phi) is 3.82. The Morgan fingerprint density at radius 2 is 2.04 bits per heavy atom. The number of carbonyl (C=O) groups excluding carboxylic acids is 1. The van der Waals surface area contributed by atoms with Crippen molar-refractivity contribution in [2.75, 3.05) is 5.32 Å². The molecule has 0 spiro atoms. The molecule has 0 aliphatic rings. The topological polar surface area (TPSA) is 68.0 Å². The number of nitrogens with one attached hydrogen (secondary N) is 1. The zero-order chi connectivity index (χ0) is 16.6. The van der Waals surface area contributed by atoms with E-state index in [0.29, 0.717) is 33.4 Å². The van der Waals surface area contributed by atoms with Gasteiger partial charge in [-0.25, -0.2) is 4.98 Å². The molecule has 0 unspecified atom stereocenters. The number of rotatable bonds is 2. The highest BCUT2D eigenvalue weighted by molar-refractivity contribution is 6.33. The van der Waals surface area contributed by atoms with Gasteiger partial charge in [-0.05, 0) is 30.3 Å². The number of benzene rings is 1. The first-order valence-corrected chi connectivity index (χ1v) is 7.55. The minimum atomic E-state index is -0.485. The van der Waals surface area contributed by atoms with Gasteiger partial charge in [0.2, 0.25) is 11.8 Å². The maximum Gasteiger partial charge on any atom is 0.230 e. The number of carbonyl (C=O) groups is 1. The number of oxazole rings is 1. The van der Waals surface area contributed by atoms with Crippen molar-refractivity contribution in [1.82, 2.24) is 9.97 Å². The number of nitrogens with zero attached hydrogens (tertiary/aromatic N) is 2. The summed E-state index contributed by atoms with van der Waals surface area (Å²) in [4.78, 5) is 20.6. The highest BCUT2D eigenvalue weighted by Crippen LogP contribution is 2.32. The molecule has 2 heterocycles. The molecular weight excluding hydrogens is 314 g/mol. The van der Waals surface area contributed by atoms with Gasteiger partial charge in [-0.15, -0.1) is 0 Å². The van der Waals surface area contributed by atoms with Crippen LogP contribution in [0.4, 0.5) is 5.69 Å². The molecule has 0 atom stereocenters. The van der Waals surface area contributed by atoms with E-state index in [4.69, 9.17) is 16.0 Å². The van der Waals surface area contributed by atoms with Crippen LogP contribution in [0.2, 0.25) is 5.02 Å². The fourth-order valence-corrected chi connectivity index (χ4v) is 2.17. The monoisotopic (exact) mass is 329 g/mol. The van der Waals surface area contributed by atoms with Crippen molar-refractivity contribution in [1.29, 1.82) is 0 Å². The van der Waals surface area contributed by atoms with Gasteiger partial charge in [0.05, 0.1) is 10.6 Å². The van der Waals surface area contributed by atoms with Gasteiger partial charge in [-0.2, -0.15) is 4.98 Å². The molecule has 2 aromatic heterocycles. The molecule has 23 heavy (non-hydrogen) atoms. The molecule has 118 valence electrons. The summed E-state index contributed by atoms with van der Waals surface area (Å²) in [6, 6.07) is 8.77. The molecule has 0 saturated carbocycles. The van der Waals surface area contributed by atoms with E-state index >= 15 is 0 Å². The summed E-state index contributed by atoms with van der Waals surface area (Å²) in [5.74, 6) is 0.292.